The second kappa shape index (κ2) is 5.76. The molecule has 18 heavy (non-hydrogen) atoms. The van der Waals surface area contributed by atoms with Crippen molar-refractivity contribution in [3.8, 4) is 11.5 Å². The van der Waals surface area contributed by atoms with Crippen molar-refractivity contribution in [2.45, 2.75) is 38.2 Å². The lowest BCUT2D eigenvalue weighted by Crippen LogP contribution is -2.20. The monoisotopic (exact) mass is 250 g/mol. The summed E-state index contributed by atoms with van der Waals surface area (Å²) >= 11 is 0. The van der Waals surface area contributed by atoms with Crippen LogP contribution in [0.5, 0.6) is 11.5 Å². The molecule has 1 aliphatic rings. The third-order valence-electron chi connectivity index (χ3n) is 3.26. The van der Waals surface area contributed by atoms with Crippen molar-refractivity contribution < 1.29 is 19.4 Å². The number of carboxylic acids is 1. The molecule has 0 unspecified atom stereocenters. The van der Waals surface area contributed by atoms with Gasteiger partial charge in [0.25, 0.3) is 0 Å². The molecule has 1 N–H and O–H groups in total. The summed E-state index contributed by atoms with van der Waals surface area (Å²) in [7, 11) is 1.52. The fourth-order valence-electron chi connectivity index (χ4n) is 2.26. The summed E-state index contributed by atoms with van der Waals surface area (Å²) in [6.45, 7) is 0. The lowest BCUT2D eigenvalue weighted by Gasteiger charge is -2.24. The topological polar surface area (TPSA) is 55.8 Å². The molecule has 0 bridgehead atoms. The smallest absolute Gasteiger partial charge is 0.335 e. The highest BCUT2D eigenvalue weighted by Gasteiger charge is 2.17. The van der Waals surface area contributed by atoms with E-state index in [1.165, 1.54) is 32.4 Å². The zero-order valence-corrected chi connectivity index (χ0v) is 10.5. The third-order valence-corrected chi connectivity index (χ3v) is 3.26. The first-order valence-corrected chi connectivity index (χ1v) is 6.28. The number of carbonyl (C=O) groups is 1. The number of carboxylic acid groups (broad SMARTS) is 1. The molecule has 1 aromatic carbocycles. The lowest BCUT2D eigenvalue weighted by atomic mass is 9.98. The van der Waals surface area contributed by atoms with E-state index in [9.17, 15) is 4.79 Å². The van der Waals surface area contributed by atoms with Crippen molar-refractivity contribution in [1.29, 1.82) is 0 Å². The fraction of sp³-hybridized carbons (Fsp3) is 0.500. The van der Waals surface area contributed by atoms with Gasteiger partial charge in [-0.15, -0.1) is 0 Å². The molecule has 1 fully saturated rings. The Hall–Kier alpha value is -1.71. The van der Waals surface area contributed by atoms with Crippen LogP contribution in [0, 0.1) is 0 Å². The van der Waals surface area contributed by atoms with Gasteiger partial charge < -0.3 is 14.6 Å². The van der Waals surface area contributed by atoms with Gasteiger partial charge in [0, 0.05) is 0 Å². The Balaban J connectivity index is 2.13. The second-order valence-corrected chi connectivity index (χ2v) is 4.55. The molecule has 0 aromatic heterocycles. The Kier molecular flexibility index (Phi) is 4.07. The minimum Gasteiger partial charge on any atom is -0.493 e. The van der Waals surface area contributed by atoms with Crippen molar-refractivity contribution in [3.63, 3.8) is 0 Å². The standard InChI is InChI=1S/C14H18O4/c1-17-13-9-10(14(15)16)7-8-12(13)18-11-5-3-2-4-6-11/h7-9,11H,2-6H2,1H3,(H,15,16). The van der Waals surface area contributed by atoms with E-state index in [0.717, 1.165) is 12.8 Å². The number of benzene rings is 1. The Morgan fingerprint density at radius 2 is 1.94 bits per heavy atom. The van der Waals surface area contributed by atoms with Crippen molar-refractivity contribution in [3.05, 3.63) is 23.8 Å². The van der Waals surface area contributed by atoms with Crippen LogP contribution in [-0.2, 0) is 0 Å². The number of aromatic carboxylic acids is 1. The van der Waals surface area contributed by atoms with Gasteiger partial charge in [0.05, 0.1) is 18.8 Å². The normalized spacial score (nSPS) is 16.3. The Bertz CT molecular complexity index is 422. The minimum absolute atomic E-state index is 0.211. The predicted octanol–water partition coefficient (Wildman–Crippen LogP) is 3.10. The summed E-state index contributed by atoms with van der Waals surface area (Å²) < 4.78 is 11.1. The van der Waals surface area contributed by atoms with E-state index in [4.69, 9.17) is 14.6 Å². The van der Waals surface area contributed by atoms with E-state index in [-0.39, 0.29) is 11.7 Å². The molecular formula is C14H18O4. The molecule has 0 atom stereocenters. The van der Waals surface area contributed by atoms with Gasteiger partial charge >= 0.3 is 5.97 Å². The summed E-state index contributed by atoms with van der Waals surface area (Å²) in [4.78, 5) is 10.9. The molecule has 0 aliphatic heterocycles. The zero-order chi connectivity index (χ0) is 13.0. The van der Waals surface area contributed by atoms with E-state index < -0.39 is 5.97 Å². The summed E-state index contributed by atoms with van der Waals surface area (Å²) in [6, 6.07) is 4.72. The second-order valence-electron chi connectivity index (χ2n) is 4.55. The molecule has 1 aromatic rings. The van der Waals surface area contributed by atoms with Crippen LogP contribution < -0.4 is 9.47 Å². The quantitative estimate of drug-likeness (QED) is 0.892. The highest BCUT2D eigenvalue weighted by molar-refractivity contribution is 5.88. The highest BCUT2D eigenvalue weighted by Crippen LogP contribution is 2.31. The maximum atomic E-state index is 10.9. The van der Waals surface area contributed by atoms with Crippen molar-refractivity contribution in [2.24, 2.45) is 0 Å². The molecule has 98 valence electrons. The minimum atomic E-state index is -0.961. The van der Waals surface area contributed by atoms with Crippen molar-refractivity contribution >= 4 is 5.97 Å². The van der Waals surface area contributed by atoms with Crippen LogP contribution in [0.25, 0.3) is 0 Å². The van der Waals surface area contributed by atoms with Gasteiger partial charge in [0.1, 0.15) is 0 Å². The molecular weight excluding hydrogens is 232 g/mol. The van der Waals surface area contributed by atoms with E-state index >= 15 is 0 Å². The van der Waals surface area contributed by atoms with Crippen LogP contribution in [0.2, 0.25) is 0 Å². The highest BCUT2D eigenvalue weighted by atomic mass is 16.5. The van der Waals surface area contributed by atoms with Gasteiger partial charge in [-0.2, -0.15) is 0 Å². The average Bonchev–Trinajstić information content (AvgIpc) is 2.40. The van der Waals surface area contributed by atoms with Crippen LogP contribution in [0.15, 0.2) is 18.2 Å². The van der Waals surface area contributed by atoms with Crippen molar-refractivity contribution in [1.82, 2.24) is 0 Å². The molecule has 0 radical (unpaired) electrons. The third kappa shape index (κ3) is 2.94. The molecule has 4 heteroatoms. The van der Waals surface area contributed by atoms with Crippen LogP contribution in [0.3, 0.4) is 0 Å². The van der Waals surface area contributed by atoms with Gasteiger partial charge in [0.15, 0.2) is 11.5 Å². The van der Waals surface area contributed by atoms with Gasteiger partial charge in [-0.05, 0) is 43.9 Å². The average molecular weight is 250 g/mol. The molecule has 4 nitrogen and oxygen atoms in total. The molecule has 2 rings (SSSR count). The van der Waals surface area contributed by atoms with E-state index in [1.54, 1.807) is 12.1 Å². The maximum absolute atomic E-state index is 10.9. The van der Waals surface area contributed by atoms with Crippen LogP contribution in [0.4, 0.5) is 0 Å². The fourth-order valence-corrected chi connectivity index (χ4v) is 2.26. The number of methoxy groups -OCH3 is 1. The van der Waals surface area contributed by atoms with E-state index in [2.05, 4.69) is 0 Å². The molecule has 0 spiro atoms. The first-order valence-electron chi connectivity index (χ1n) is 6.28. The molecule has 0 saturated heterocycles. The Morgan fingerprint density at radius 1 is 1.22 bits per heavy atom. The van der Waals surface area contributed by atoms with Crippen LogP contribution in [-0.4, -0.2) is 24.3 Å². The summed E-state index contributed by atoms with van der Waals surface area (Å²) in [5.41, 5.74) is 0.211. The summed E-state index contributed by atoms with van der Waals surface area (Å²) in [5.74, 6) is 0.160. The Labute approximate surface area is 107 Å². The molecule has 1 saturated carbocycles. The molecule has 0 amide bonds. The SMILES string of the molecule is COc1cc(C(=O)O)ccc1OC1CCCCC1. The molecule has 0 heterocycles. The van der Waals surface area contributed by atoms with Crippen LogP contribution in [0.1, 0.15) is 42.5 Å². The Morgan fingerprint density at radius 3 is 2.56 bits per heavy atom. The summed E-state index contributed by atoms with van der Waals surface area (Å²) in [6.07, 6.45) is 6.01. The van der Waals surface area contributed by atoms with Gasteiger partial charge in [-0.1, -0.05) is 6.42 Å². The van der Waals surface area contributed by atoms with Crippen molar-refractivity contribution in [2.75, 3.05) is 7.11 Å². The van der Waals surface area contributed by atoms with E-state index in [0.29, 0.717) is 11.5 Å². The molecule has 1 aliphatic carbocycles. The number of hydrogen-bond donors (Lipinski definition) is 1. The number of rotatable bonds is 4. The van der Waals surface area contributed by atoms with Gasteiger partial charge in [0.2, 0.25) is 0 Å². The lowest BCUT2D eigenvalue weighted by molar-refractivity contribution is 0.0696. The zero-order valence-electron chi connectivity index (χ0n) is 10.5. The first-order chi connectivity index (χ1) is 8.70. The number of hydrogen-bond acceptors (Lipinski definition) is 3. The van der Waals surface area contributed by atoms with Gasteiger partial charge in [-0.25, -0.2) is 4.79 Å². The van der Waals surface area contributed by atoms with E-state index in [1.807, 2.05) is 0 Å². The number of ether oxygens (including phenoxy) is 2. The maximum Gasteiger partial charge on any atom is 0.335 e. The van der Waals surface area contributed by atoms with Crippen LogP contribution >= 0.6 is 0 Å². The van der Waals surface area contributed by atoms with Gasteiger partial charge in [-0.3, -0.25) is 0 Å². The first kappa shape index (κ1) is 12.7. The largest absolute Gasteiger partial charge is 0.493 e. The predicted molar refractivity (Wildman–Crippen MR) is 67.5 cm³/mol. The summed E-state index contributed by atoms with van der Waals surface area (Å²) in [5, 5.41) is 8.92.